The monoisotopic (exact) mass is 198 g/mol. The molecule has 1 rings (SSSR count). The van der Waals surface area contributed by atoms with E-state index < -0.39 is 0 Å². The van der Waals surface area contributed by atoms with Gasteiger partial charge in [0, 0.05) is 18.6 Å². The molecular weight excluding hydrogens is 183 g/mol. The maximum absolute atomic E-state index is 12.8. The summed E-state index contributed by atoms with van der Waals surface area (Å²) in [6, 6.07) is 4.44. The molecular formula is C11H15FO2. The number of halogens is 1. The molecule has 1 aromatic carbocycles. The number of benzene rings is 1. The van der Waals surface area contributed by atoms with Gasteiger partial charge in [0.2, 0.25) is 0 Å². The zero-order valence-corrected chi connectivity index (χ0v) is 8.46. The van der Waals surface area contributed by atoms with Gasteiger partial charge in [0.05, 0.1) is 6.61 Å². The lowest BCUT2D eigenvalue weighted by Crippen LogP contribution is -2.12. The molecule has 1 aromatic rings. The molecule has 78 valence electrons. The molecule has 0 aliphatic carbocycles. The summed E-state index contributed by atoms with van der Waals surface area (Å²) in [5.41, 5.74) is 0.900. The smallest absolute Gasteiger partial charge is 0.126 e. The van der Waals surface area contributed by atoms with Crippen molar-refractivity contribution in [3.63, 3.8) is 0 Å². The number of hydrogen-bond donors (Lipinski definition) is 1. The van der Waals surface area contributed by atoms with Gasteiger partial charge >= 0.3 is 0 Å². The van der Waals surface area contributed by atoms with E-state index >= 15 is 0 Å². The minimum absolute atomic E-state index is 0.0673. The first-order valence-corrected chi connectivity index (χ1v) is 4.63. The van der Waals surface area contributed by atoms with Gasteiger partial charge in [0.15, 0.2) is 0 Å². The van der Waals surface area contributed by atoms with Crippen LogP contribution in [0.15, 0.2) is 18.2 Å². The van der Waals surface area contributed by atoms with E-state index in [2.05, 4.69) is 0 Å². The highest BCUT2D eigenvalue weighted by atomic mass is 19.1. The predicted molar refractivity (Wildman–Crippen MR) is 52.9 cm³/mol. The molecule has 14 heavy (non-hydrogen) atoms. The van der Waals surface area contributed by atoms with Crippen LogP contribution in [0.4, 0.5) is 4.39 Å². The molecule has 1 N–H and O–H groups in total. The molecule has 1 atom stereocenters. The van der Waals surface area contributed by atoms with Gasteiger partial charge in [-0.3, -0.25) is 0 Å². The van der Waals surface area contributed by atoms with E-state index in [4.69, 9.17) is 9.84 Å². The lowest BCUT2D eigenvalue weighted by atomic mass is 10.2. The summed E-state index contributed by atoms with van der Waals surface area (Å²) in [6.07, 6.45) is 0. The largest absolute Gasteiger partial charge is 0.493 e. The fraction of sp³-hybridized carbons (Fsp3) is 0.455. The molecule has 1 unspecified atom stereocenters. The molecule has 0 aromatic heterocycles. The van der Waals surface area contributed by atoms with Crippen LogP contribution >= 0.6 is 0 Å². The van der Waals surface area contributed by atoms with Gasteiger partial charge in [0.25, 0.3) is 0 Å². The molecule has 0 fully saturated rings. The highest BCUT2D eigenvalue weighted by Gasteiger charge is 2.04. The van der Waals surface area contributed by atoms with E-state index in [0.29, 0.717) is 12.4 Å². The average Bonchev–Trinajstić information content (AvgIpc) is 2.19. The summed E-state index contributed by atoms with van der Waals surface area (Å²) in [5.74, 6) is 0.310. The topological polar surface area (TPSA) is 29.5 Å². The van der Waals surface area contributed by atoms with Gasteiger partial charge in [-0.1, -0.05) is 13.0 Å². The quantitative estimate of drug-likeness (QED) is 0.803. The normalized spacial score (nSPS) is 12.6. The van der Waals surface area contributed by atoms with Gasteiger partial charge in [-0.05, 0) is 18.6 Å². The van der Waals surface area contributed by atoms with Crippen LogP contribution in [0.25, 0.3) is 0 Å². The van der Waals surface area contributed by atoms with Gasteiger partial charge in [-0.2, -0.15) is 0 Å². The van der Waals surface area contributed by atoms with E-state index in [9.17, 15) is 4.39 Å². The van der Waals surface area contributed by atoms with E-state index in [0.717, 1.165) is 5.56 Å². The molecule has 0 saturated heterocycles. The van der Waals surface area contributed by atoms with Crippen LogP contribution in [0.1, 0.15) is 12.5 Å². The van der Waals surface area contributed by atoms with Crippen LogP contribution in [-0.2, 0) is 0 Å². The second kappa shape index (κ2) is 4.96. The van der Waals surface area contributed by atoms with Crippen LogP contribution in [0.5, 0.6) is 5.75 Å². The van der Waals surface area contributed by atoms with Crippen LogP contribution in [0.2, 0.25) is 0 Å². The third-order valence-corrected chi connectivity index (χ3v) is 1.99. The van der Waals surface area contributed by atoms with Crippen molar-refractivity contribution in [1.82, 2.24) is 0 Å². The number of aryl methyl sites for hydroxylation is 1. The Balaban J connectivity index is 2.62. The second-order valence-corrected chi connectivity index (χ2v) is 3.51. The summed E-state index contributed by atoms with van der Waals surface area (Å²) in [4.78, 5) is 0. The Hall–Kier alpha value is -1.09. The number of aliphatic hydroxyl groups excluding tert-OH is 1. The SMILES string of the molecule is Cc1ccc(F)cc1OCC(C)CO. The molecule has 0 saturated carbocycles. The third kappa shape index (κ3) is 3.00. The Morgan fingerprint density at radius 3 is 2.86 bits per heavy atom. The highest BCUT2D eigenvalue weighted by Crippen LogP contribution is 2.19. The van der Waals surface area contributed by atoms with Crippen LogP contribution in [0.3, 0.4) is 0 Å². The number of hydrogen-bond acceptors (Lipinski definition) is 2. The van der Waals surface area contributed by atoms with Gasteiger partial charge in [-0.15, -0.1) is 0 Å². The lowest BCUT2D eigenvalue weighted by Gasteiger charge is -2.12. The van der Waals surface area contributed by atoms with Crippen molar-refractivity contribution in [3.05, 3.63) is 29.6 Å². The number of rotatable bonds is 4. The summed E-state index contributed by atoms with van der Waals surface area (Å²) < 4.78 is 18.2. The Kier molecular flexibility index (Phi) is 3.89. The van der Waals surface area contributed by atoms with Gasteiger partial charge in [0.1, 0.15) is 11.6 Å². The molecule has 0 aliphatic heterocycles. The lowest BCUT2D eigenvalue weighted by molar-refractivity contribution is 0.173. The third-order valence-electron chi connectivity index (χ3n) is 1.99. The minimum atomic E-state index is -0.303. The number of ether oxygens (including phenoxy) is 1. The maximum Gasteiger partial charge on any atom is 0.126 e. The van der Waals surface area contributed by atoms with E-state index in [1.54, 1.807) is 6.07 Å². The fourth-order valence-electron chi connectivity index (χ4n) is 1.01. The summed E-state index contributed by atoms with van der Waals surface area (Å²) in [6.45, 7) is 4.21. The van der Waals surface area contributed by atoms with Crippen molar-refractivity contribution in [2.75, 3.05) is 13.2 Å². The zero-order chi connectivity index (χ0) is 10.6. The molecule has 2 nitrogen and oxygen atoms in total. The van der Waals surface area contributed by atoms with E-state index in [1.807, 2.05) is 13.8 Å². The molecule has 0 spiro atoms. The fourth-order valence-corrected chi connectivity index (χ4v) is 1.01. The Morgan fingerprint density at radius 1 is 1.50 bits per heavy atom. The Morgan fingerprint density at radius 2 is 2.21 bits per heavy atom. The Labute approximate surface area is 83.3 Å². The highest BCUT2D eigenvalue weighted by molar-refractivity contribution is 5.32. The molecule has 0 amide bonds. The average molecular weight is 198 g/mol. The first-order valence-electron chi connectivity index (χ1n) is 4.63. The Bertz CT molecular complexity index is 299. The summed E-state index contributed by atoms with van der Waals surface area (Å²) in [5, 5.41) is 8.78. The van der Waals surface area contributed by atoms with Crippen molar-refractivity contribution in [2.45, 2.75) is 13.8 Å². The zero-order valence-electron chi connectivity index (χ0n) is 8.46. The first kappa shape index (κ1) is 11.0. The molecule has 3 heteroatoms. The minimum Gasteiger partial charge on any atom is -0.493 e. The maximum atomic E-state index is 12.8. The van der Waals surface area contributed by atoms with Crippen molar-refractivity contribution in [3.8, 4) is 5.75 Å². The molecule has 0 radical (unpaired) electrons. The number of aliphatic hydroxyl groups is 1. The molecule has 0 heterocycles. The predicted octanol–water partition coefficient (Wildman–Crippen LogP) is 2.14. The summed E-state index contributed by atoms with van der Waals surface area (Å²) >= 11 is 0. The second-order valence-electron chi connectivity index (χ2n) is 3.51. The van der Waals surface area contributed by atoms with Crippen LogP contribution in [-0.4, -0.2) is 18.3 Å². The van der Waals surface area contributed by atoms with Crippen molar-refractivity contribution in [1.29, 1.82) is 0 Å². The first-order chi connectivity index (χ1) is 6.63. The van der Waals surface area contributed by atoms with Crippen molar-refractivity contribution < 1.29 is 14.2 Å². The van der Waals surface area contributed by atoms with Gasteiger partial charge < -0.3 is 9.84 Å². The standard InChI is InChI=1S/C11H15FO2/c1-8(6-13)7-14-11-5-10(12)4-3-9(11)2/h3-5,8,13H,6-7H2,1-2H3. The summed E-state index contributed by atoms with van der Waals surface area (Å²) in [7, 11) is 0. The molecule has 0 bridgehead atoms. The van der Waals surface area contributed by atoms with E-state index in [1.165, 1.54) is 12.1 Å². The van der Waals surface area contributed by atoms with Crippen molar-refractivity contribution in [2.24, 2.45) is 5.92 Å². The van der Waals surface area contributed by atoms with Crippen molar-refractivity contribution >= 4 is 0 Å². The van der Waals surface area contributed by atoms with E-state index in [-0.39, 0.29) is 18.3 Å². The van der Waals surface area contributed by atoms with Crippen LogP contribution in [0, 0.1) is 18.7 Å². The van der Waals surface area contributed by atoms with Crippen LogP contribution < -0.4 is 4.74 Å². The van der Waals surface area contributed by atoms with Gasteiger partial charge in [-0.25, -0.2) is 4.39 Å². The molecule has 0 aliphatic rings.